The number of fused-ring (bicyclic) bond motifs is 1. The van der Waals surface area contributed by atoms with Gasteiger partial charge in [-0.1, -0.05) is 6.07 Å². The minimum absolute atomic E-state index is 0.167. The molecule has 0 radical (unpaired) electrons. The van der Waals surface area contributed by atoms with E-state index in [4.69, 9.17) is 16.6 Å². The quantitative estimate of drug-likeness (QED) is 0.562. The molecule has 0 fully saturated rings. The first-order valence-corrected chi connectivity index (χ1v) is 6.83. The first-order valence-electron chi connectivity index (χ1n) is 6.43. The second-order valence-electron chi connectivity index (χ2n) is 4.75. The van der Waals surface area contributed by atoms with Crippen LogP contribution in [-0.4, -0.2) is 16.2 Å². The highest BCUT2D eigenvalue weighted by molar-refractivity contribution is 7.71. The maximum Gasteiger partial charge on any atom is 0.253 e. The highest BCUT2D eigenvalue weighted by Crippen LogP contribution is 2.13. The molecule has 0 aliphatic carbocycles. The van der Waals surface area contributed by atoms with Crippen molar-refractivity contribution >= 4 is 35.2 Å². The fourth-order valence-electron chi connectivity index (χ4n) is 2.00. The number of aliphatic imine (C=N–C) groups is 1. The van der Waals surface area contributed by atoms with Crippen molar-refractivity contribution in [3.8, 4) is 0 Å². The van der Waals surface area contributed by atoms with Gasteiger partial charge in [-0.2, -0.15) is 0 Å². The summed E-state index contributed by atoms with van der Waals surface area (Å²) in [5, 5.41) is 0.480. The number of H-pyrrole nitrogens is 2. The van der Waals surface area contributed by atoms with Gasteiger partial charge in [-0.05, 0) is 36.8 Å². The molecule has 0 amide bonds. The molecule has 110 valence electrons. The summed E-state index contributed by atoms with van der Waals surface area (Å²) in [4.78, 5) is 32.8. The van der Waals surface area contributed by atoms with Gasteiger partial charge in [0.1, 0.15) is 17.7 Å². The Morgan fingerprint density at radius 3 is 2.82 bits per heavy atom. The van der Waals surface area contributed by atoms with E-state index in [-0.39, 0.29) is 27.1 Å². The third-order valence-corrected chi connectivity index (χ3v) is 3.25. The first-order chi connectivity index (χ1) is 10.5. The van der Waals surface area contributed by atoms with Crippen LogP contribution in [0.4, 0.5) is 5.82 Å². The third-order valence-electron chi connectivity index (χ3n) is 3.05. The van der Waals surface area contributed by atoms with E-state index < -0.39 is 0 Å². The lowest BCUT2D eigenvalue weighted by Crippen LogP contribution is -2.08. The van der Waals surface area contributed by atoms with Crippen molar-refractivity contribution in [1.82, 2.24) is 9.97 Å². The molecule has 3 rings (SSSR count). The molecule has 0 aliphatic rings. The number of nitrogens with one attached hydrogen (secondary N) is 2. The standard InChI is InChI=1S/C15H11N3O3S/c1-8-2-3-10-11(4-8)21-7-9(14(10)20)6-16-12-5-13(19)18-15(22)17-12/h2-7H,1H3,(H2,17,18,19,22). The van der Waals surface area contributed by atoms with Crippen LogP contribution in [0.3, 0.4) is 0 Å². The van der Waals surface area contributed by atoms with Crippen molar-refractivity contribution in [2.45, 2.75) is 6.92 Å². The summed E-state index contributed by atoms with van der Waals surface area (Å²) >= 11 is 4.85. The molecule has 0 saturated carbocycles. The maximum atomic E-state index is 12.3. The summed E-state index contributed by atoms with van der Waals surface area (Å²) in [7, 11) is 0. The molecule has 6 nitrogen and oxygen atoms in total. The Kier molecular flexibility index (Phi) is 3.56. The smallest absolute Gasteiger partial charge is 0.253 e. The maximum absolute atomic E-state index is 12.3. The molecule has 7 heteroatoms. The average molecular weight is 313 g/mol. The average Bonchev–Trinajstić information content (AvgIpc) is 2.45. The molecule has 0 aliphatic heterocycles. The van der Waals surface area contributed by atoms with Crippen molar-refractivity contribution in [3.63, 3.8) is 0 Å². The zero-order chi connectivity index (χ0) is 15.7. The number of benzene rings is 1. The normalized spacial score (nSPS) is 11.3. The minimum Gasteiger partial charge on any atom is -0.463 e. The summed E-state index contributed by atoms with van der Waals surface area (Å²) < 4.78 is 5.62. The van der Waals surface area contributed by atoms with Crippen molar-refractivity contribution in [2.24, 2.45) is 4.99 Å². The Labute approximate surface area is 129 Å². The van der Waals surface area contributed by atoms with Crippen LogP contribution in [0.5, 0.6) is 0 Å². The molecule has 2 heterocycles. The monoisotopic (exact) mass is 313 g/mol. The van der Waals surface area contributed by atoms with Gasteiger partial charge >= 0.3 is 0 Å². The second-order valence-corrected chi connectivity index (χ2v) is 5.16. The molecule has 0 bridgehead atoms. The van der Waals surface area contributed by atoms with Crippen LogP contribution < -0.4 is 11.0 Å². The minimum atomic E-state index is -0.364. The largest absolute Gasteiger partial charge is 0.463 e. The van der Waals surface area contributed by atoms with E-state index in [2.05, 4.69) is 15.0 Å². The Balaban J connectivity index is 2.07. The van der Waals surface area contributed by atoms with Crippen LogP contribution in [0.15, 0.2) is 49.5 Å². The predicted molar refractivity (Wildman–Crippen MR) is 86.7 cm³/mol. The second kappa shape index (κ2) is 5.53. The summed E-state index contributed by atoms with van der Waals surface area (Å²) in [5.74, 6) is 0.261. The van der Waals surface area contributed by atoms with Crippen LogP contribution in [-0.2, 0) is 0 Å². The van der Waals surface area contributed by atoms with E-state index in [0.717, 1.165) is 5.56 Å². The van der Waals surface area contributed by atoms with Crippen molar-refractivity contribution < 1.29 is 4.42 Å². The zero-order valence-electron chi connectivity index (χ0n) is 11.5. The van der Waals surface area contributed by atoms with Crippen molar-refractivity contribution in [2.75, 3.05) is 0 Å². The highest BCUT2D eigenvalue weighted by Gasteiger charge is 2.05. The number of aromatic nitrogens is 2. The molecule has 2 aromatic heterocycles. The topological polar surface area (TPSA) is 91.2 Å². The zero-order valence-corrected chi connectivity index (χ0v) is 12.4. The number of hydrogen-bond donors (Lipinski definition) is 2. The Morgan fingerprint density at radius 2 is 2.05 bits per heavy atom. The first kappa shape index (κ1) is 14.2. The van der Waals surface area contributed by atoms with Crippen molar-refractivity contribution in [1.29, 1.82) is 0 Å². The molecule has 1 aromatic carbocycles. The Hall–Kier alpha value is -2.80. The fraction of sp³-hybridized carbons (Fsp3) is 0.0667. The molecule has 0 saturated heterocycles. The van der Waals surface area contributed by atoms with Gasteiger partial charge in [-0.3, -0.25) is 14.6 Å². The van der Waals surface area contributed by atoms with Crippen LogP contribution in [0.1, 0.15) is 11.1 Å². The van der Waals surface area contributed by atoms with Gasteiger partial charge < -0.3 is 9.40 Å². The van der Waals surface area contributed by atoms with E-state index in [1.165, 1.54) is 18.5 Å². The van der Waals surface area contributed by atoms with E-state index in [1.54, 1.807) is 12.1 Å². The molecule has 2 N–H and O–H groups in total. The van der Waals surface area contributed by atoms with Crippen LogP contribution in [0, 0.1) is 11.7 Å². The fourth-order valence-corrected chi connectivity index (χ4v) is 2.21. The van der Waals surface area contributed by atoms with E-state index in [0.29, 0.717) is 11.0 Å². The van der Waals surface area contributed by atoms with Crippen molar-refractivity contribution in [3.05, 3.63) is 67.0 Å². The number of rotatable bonds is 2. The lowest BCUT2D eigenvalue weighted by molar-refractivity contribution is 0.601. The predicted octanol–water partition coefficient (Wildman–Crippen LogP) is 2.60. The molecule has 0 atom stereocenters. The summed E-state index contributed by atoms with van der Waals surface area (Å²) in [5.41, 5.74) is 1.27. The Morgan fingerprint density at radius 1 is 1.23 bits per heavy atom. The van der Waals surface area contributed by atoms with Crippen LogP contribution in [0.25, 0.3) is 11.0 Å². The van der Waals surface area contributed by atoms with E-state index in [1.807, 2.05) is 13.0 Å². The molecule has 0 unspecified atom stereocenters. The van der Waals surface area contributed by atoms with Gasteiger partial charge in [0.25, 0.3) is 5.56 Å². The molecular weight excluding hydrogens is 302 g/mol. The summed E-state index contributed by atoms with van der Waals surface area (Å²) in [6.45, 7) is 1.92. The number of hydrogen-bond acceptors (Lipinski definition) is 5. The van der Waals surface area contributed by atoms with Crippen LogP contribution in [0.2, 0.25) is 0 Å². The SMILES string of the molecule is Cc1ccc2c(=O)c(C=Nc3cc(=O)[nH]c(=S)[nH]3)coc2c1. The highest BCUT2D eigenvalue weighted by atomic mass is 32.1. The summed E-state index contributed by atoms with van der Waals surface area (Å²) in [6.07, 6.45) is 2.68. The molecule has 22 heavy (non-hydrogen) atoms. The Bertz CT molecular complexity index is 1030. The molecular formula is C15H11N3O3S. The van der Waals surface area contributed by atoms with E-state index in [9.17, 15) is 9.59 Å². The molecule has 0 spiro atoms. The third kappa shape index (κ3) is 2.79. The van der Waals surface area contributed by atoms with Gasteiger partial charge in [0.05, 0.1) is 10.9 Å². The summed E-state index contributed by atoms with van der Waals surface area (Å²) in [6, 6.07) is 6.60. The van der Waals surface area contributed by atoms with Gasteiger partial charge in [-0.15, -0.1) is 0 Å². The van der Waals surface area contributed by atoms with Gasteiger partial charge in [0.15, 0.2) is 4.77 Å². The van der Waals surface area contributed by atoms with Gasteiger partial charge in [0.2, 0.25) is 5.43 Å². The number of nitrogens with zero attached hydrogens (tertiary/aromatic N) is 1. The number of aromatic amines is 2. The lowest BCUT2D eigenvalue weighted by Gasteiger charge is -1.99. The lowest BCUT2D eigenvalue weighted by atomic mass is 10.1. The number of aryl methyl sites for hydroxylation is 1. The van der Waals surface area contributed by atoms with Crippen LogP contribution >= 0.6 is 12.2 Å². The molecule has 3 aromatic rings. The van der Waals surface area contributed by atoms with E-state index >= 15 is 0 Å². The van der Waals surface area contributed by atoms with Gasteiger partial charge in [0, 0.05) is 12.3 Å². The van der Waals surface area contributed by atoms with Gasteiger partial charge in [-0.25, -0.2) is 4.99 Å².